The third kappa shape index (κ3) is 2.90. The van der Waals surface area contributed by atoms with Crippen LogP contribution in [0.25, 0.3) is 0 Å². The minimum Gasteiger partial charge on any atom is -0.448 e. The van der Waals surface area contributed by atoms with Gasteiger partial charge in [0.25, 0.3) is 0 Å². The van der Waals surface area contributed by atoms with Crippen LogP contribution in [0.1, 0.15) is 24.0 Å². The fraction of sp³-hybridized carbons (Fsp3) is 0.417. The van der Waals surface area contributed by atoms with Crippen LogP contribution < -0.4 is 5.32 Å². The van der Waals surface area contributed by atoms with Crippen LogP contribution in [0.15, 0.2) is 28.9 Å². The van der Waals surface area contributed by atoms with E-state index in [0.29, 0.717) is 5.22 Å². The van der Waals surface area contributed by atoms with Crippen molar-refractivity contribution in [2.24, 2.45) is 7.05 Å². The second-order valence-electron chi connectivity index (χ2n) is 3.98. The molecule has 0 spiro atoms. The van der Waals surface area contributed by atoms with Crippen LogP contribution in [0.3, 0.4) is 0 Å². The van der Waals surface area contributed by atoms with E-state index in [1.165, 1.54) is 0 Å². The first-order valence-electron chi connectivity index (χ1n) is 5.59. The fourth-order valence-corrected chi connectivity index (χ4v) is 2.01. The lowest BCUT2D eigenvalue weighted by Gasteiger charge is -2.13. The molecule has 2 rings (SSSR count). The molecule has 0 aliphatic heterocycles. The predicted molar refractivity (Wildman–Crippen MR) is 67.0 cm³/mol. The third-order valence-electron chi connectivity index (χ3n) is 2.86. The molecule has 2 aromatic rings. The number of halogens is 1. The zero-order chi connectivity index (χ0) is 12.3. The van der Waals surface area contributed by atoms with Crippen molar-refractivity contribution in [2.75, 3.05) is 7.05 Å². The van der Waals surface area contributed by atoms with E-state index in [4.69, 9.17) is 16.0 Å². The van der Waals surface area contributed by atoms with Gasteiger partial charge in [0.1, 0.15) is 11.6 Å². The molecule has 0 amide bonds. The molecule has 1 unspecified atom stereocenters. The molecule has 92 valence electrons. The van der Waals surface area contributed by atoms with Gasteiger partial charge in [-0.3, -0.25) is 0 Å². The molecule has 4 nitrogen and oxygen atoms in total. The standard InChI is InChI=1S/C12H16ClN3O/c1-14-9(10-4-5-11(13)17-10)3-6-12-15-7-8-16(12)2/h4-5,7-9,14H,3,6H2,1-2H3. The maximum Gasteiger partial charge on any atom is 0.193 e. The summed E-state index contributed by atoms with van der Waals surface area (Å²) in [4.78, 5) is 4.30. The van der Waals surface area contributed by atoms with Crippen LogP contribution in [-0.2, 0) is 13.5 Å². The summed E-state index contributed by atoms with van der Waals surface area (Å²) >= 11 is 5.78. The van der Waals surface area contributed by atoms with Gasteiger partial charge in [-0.15, -0.1) is 0 Å². The summed E-state index contributed by atoms with van der Waals surface area (Å²) in [5.41, 5.74) is 0. The van der Waals surface area contributed by atoms with Gasteiger partial charge in [-0.05, 0) is 37.2 Å². The van der Waals surface area contributed by atoms with E-state index in [1.54, 1.807) is 6.07 Å². The number of nitrogens with zero attached hydrogens (tertiary/aromatic N) is 2. The predicted octanol–water partition coefficient (Wildman–Crippen LogP) is 2.56. The summed E-state index contributed by atoms with van der Waals surface area (Å²) in [6.07, 6.45) is 5.58. The normalized spacial score (nSPS) is 12.9. The highest BCUT2D eigenvalue weighted by Crippen LogP contribution is 2.23. The van der Waals surface area contributed by atoms with Crippen LogP contribution in [0.5, 0.6) is 0 Å². The zero-order valence-electron chi connectivity index (χ0n) is 9.98. The van der Waals surface area contributed by atoms with Gasteiger partial charge in [0.2, 0.25) is 0 Å². The maximum absolute atomic E-state index is 5.78. The SMILES string of the molecule is CNC(CCc1nccn1C)c1ccc(Cl)o1. The number of aromatic nitrogens is 2. The molecule has 5 heteroatoms. The summed E-state index contributed by atoms with van der Waals surface area (Å²) < 4.78 is 7.44. The number of hydrogen-bond donors (Lipinski definition) is 1. The van der Waals surface area contributed by atoms with Crippen molar-refractivity contribution >= 4 is 11.6 Å². The first kappa shape index (κ1) is 12.2. The molecule has 17 heavy (non-hydrogen) atoms. The summed E-state index contributed by atoms with van der Waals surface area (Å²) in [6, 6.07) is 3.84. The first-order valence-corrected chi connectivity index (χ1v) is 5.97. The van der Waals surface area contributed by atoms with Gasteiger partial charge in [0.15, 0.2) is 5.22 Å². The van der Waals surface area contributed by atoms with Crippen LogP contribution in [-0.4, -0.2) is 16.6 Å². The van der Waals surface area contributed by atoms with E-state index in [2.05, 4.69) is 10.3 Å². The van der Waals surface area contributed by atoms with Crippen LogP contribution in [0.4, 0.5) is 0 Å². The Hall–Kier alpha value is -1.26. The molecule has 1 atom stereocenters. The van der Waals surface area contributed by atoms with Crippen molar-refractivity contribution < 1.29 is 4.42 Å². The lowest BCUT2D eigenvalue weighted by Crippen LogP contribution is -2.17. The Kier molecular flexibility index (Phi) is 3.86. The molecular formula is C12H16ClN3O. The summed E-state index contributed by atoms with van der Waals surface area (Å²) in [5.74, 6) is 1.94. The second kappa shape index (κ2) is 5.38. The second-order valence-corrected chi connectivity index (χ2v) is 4.35. The summed E-state index contributed by atoms with van der Waals surface area (Å²) in [5, 5.41) is 3.65. The number of furan rings is 1. The van der Waals surface area contributed by atoms with E-state index in [-0.39, 0.29) is 6.04 Å². The highest BCUT2D eigenvalue weighted by molar-refractivity contribution is 6.28. The van der Waals surface area contributed by atoms with Crippen LogP contribution in [0, 0.1) is 0 Å². The molecule has 0 saturated carbocycles. The molecule has 1 N–H and O–H groups in total. The van der Waals surface area contributed by atoms with Crippen molar-refractivity contribution in [3.05, 3.63) is 41.3 Å². The van der Waals surface area contributed by atoms with Gasteiger partial charge >= 0.3 is 0 Å². The number of aryl methyl sites for hydroxylation is 2. The maximum atomic E-state index is 5.78. The van der Waals surface area contributed by atoms with Crippen molar-refractivity contribution in [1.29, 1.82) is 0 Å². The summed E-state index contributed by atoms with van der Waals surface area (Å²) in [6.45, 7) is 0. The van der Waals surface area contributed by atoms with E-state index >= 15 is 0 Å². The molecular weight excluding hydrogens is 238 g/mol. The van der Waals surface area contributed by atoms with Gasteiger partial charge in [-0.1, -0.05) is 0 Å². The fourth-order valence-electron chi connectivity index (χ4n) is 1.86. The van der Waals surface area contributed by atoms with Gasteiger partial charge in [0, 0.05) is 25.9 Å². The Morgan fingerprint density at radius 1 is 1.53 bits per heavy atom. The van der Waals surface area contributed by atoms with E-state index in [0.717, 1.165) is 24.4 Å². The number of nitrogens with one attached hydrogen (secondary N) is 1. The van der Waals surface area contributed by atoms with Gasteiger partial charge in [0.05, 0.1) is 6.04 Å². The van der Waals surface area contributed by atoms with Crippen LogP contribution in [0.2, 0.25) is 5.22 Å². The Balaban J connectivity index is 1.99. The lowest BCUT2D eigenvalue weighted by atomic mass is 10.1. The third-order valence-corrected chi connectivity index (χ3v) is 3.07. The van der Waals surface area contributed by atoms with Crippen LogP contribution >= 0.6 is 11.6 Å². The van der Waals surface area contributed by atoms with Crippen molar-refractivity contribution in [1.82, 2.24) is 14.9 Å². The quantitative estimate of drug-likeness (QED) is 0.891. The van der Waals surface area contributed by atoms with Gasteiger partial charge in [-0.25, -0.2) is 4.98 Å². The lowest BCUT2D eigenvalue weighted by molar-refractivity contribution is 0.412. The number of rotatable bonds is 5. The highest BCUT2D eigenvalue weighted by Gasteiger charge is 2.14. The first-order chi connectivity index (χ1) is 8.20. The smallest absolute Gasteiger partial charge is 0.193 e. The van der Waals surface area contributed by atoms with E-state index < -0.39 is 0 Å². The number of hydrogen-bond acceptors (Lipinski definition) is 3. The zero-order valence-corrected chi connectivity index (χ0v) is 10.7. The van der Waals surface area contributed by atoms with Crippen molar-refractivity contribution in [2.45, 2.75) is 18.9 Å². The van der Waals surface area contributed by atoms with Crippen molar-refractivity contribution in [3.8, 4) is 0 Å². The Bertz CT molecular complexity index is 478. The molecule has 0 saturated heterocycles. The largest absolute Gasteiger partial charge is 0.448 e. The molecule has 0 aliphatic rings. The number of imidazole rings is 1. The molecule has 2 aromatic heterocycles. The molecule has 0 aliphatic carbocycles. The molecule has 0 aromatic carbocycles. The average molecular weight is 254 g/mol. The monoisotopic (exact) mass is 253 g/mol. The average Bonchev–Trinajstić information content (AvgIpc) is 2.90. The van der Waals surface area contributed by atoms with E-state index in [1.807, 2.05) is 37.1 Å². The van der Waals surface area contributed by atoms with Gasteiger partial charge in [-0.2, -0.15) is 0 Å². The Labute approximate surface area is 106 Å². The Morgan fingerprint density at radius 3 is 2.88 bits per heavy atom. The molecule has 0 bridgehead atoms. The van der Waals surface area contributed by atoms with Crippen molar-refractivity contribution in [3.63, 3.8) is 0 Å². The molecule has 0 fully saturated rings. The topological polar surface area (TPSA) is 43.0 Å². The molecule has 0 radical (unpaired) electrons. The minimum atomic E-state index is 0.166. The summed E-state index contributed by atoms with van der Waals surface area (Å²) in [7, 11) is 3.92. The minimum absolute atomic E-state index is 0.166. The molecule has 2 heterocycles. The van der Waals surface area contributed by atoms with E-state index in [9.17, 15) is 0 Å². The Morgan fingerprint density at radius 2 is 2.35 bits per heavy atom. The highest BCUT2D eigenvalue weighted by atomic mass is 35.5. The van der Waals surface area contributed by atoms with Gasteiger partial charge < -0.3 is 14.3 Å².